The molecule has 1 aliphatic rings. The zero-order valence-electron chi connectivity index (χ0n) is 10.5. The molecule has 3 rings (SSSR count). The first-order valence-electron chi connectivity index (χ1n) is 5.99. The number of pyridine rings is 1. The van der Waals surface area contributed by atoms with Gasteiger partial charge in [-0.1, -0.05) is 18.2 Å². The van der Waals surface area contributed by atoms with E-state index in [9.17, 15) is 8.42 Å². The molecule has 0 spiro atoms. The average molecular weight is 278 g/mol. The summed E-state index contributed by atoms with van der Waals surface area (Å²) >= 11 is 0. The van der Waals surface area contributed by atoms with Crippen molar-refractivity contribution >= 4 is 20.9 Å². The van der Waals surface area contributed by atoms with Crippen molar-refractivity contribution in [2.75, 3.05) is 20.2 Å². The Kier molecular flexibility index (Phi) is 3.00. The summed E-state index contributed by atoms with van der Waals surface area (Å²) in [6.07, 6.45) is 1.60. The van der Waals surface area contributed by atoms with Gasteiger partial charge < -0.3 is 4.74 Å². The highest BCUT2D eigenvalue weighted by atomic mass is 32.2. The van der Waals surface area contributed by atoms with E-state index in [4.69, 9.17) is 4.74 Å². The third kappa shape index (κ3) is 2.01. The number of para-hydroxylation sites is 1. The molecule has 0 radical (unpaired) electrons. The smallest absolute Gasteiger partial charge is 0.245 e. The van der Waals surface area contributed by atoms with Gasteiger partial charge >= 0.3 is 0 Å². The van der Waals surface area contributed by atoms with Crippen LogP contribution in [0.5, 0.6) is 0 Å². The second kappa shape index (κ2) is 4.56. The zero-order chi connectivity index (χ0) is 13.5. The van der Waals surface area contributed by atoms with Crippen LogP contribution in [0.4, 0.5) is 0 Å². The van der Waals surface area contributed by atoms with Gasteiger partial charge in [-0.25, -0.2) is 8.42 Å². The highest BCUT2D eigenvalue weighted by Crippen LogP contribution is 2.27. The lowest BCUT2D eigenvalue weighted by molar-refractivity contribution is 0.0125. The Morgan fingerprint density at radius 2 is 2.00 bits per heavy atom. The number of benzene rings is 1. The molecule has 1 aromatic heterocycles. The molecule has 0 N–H and O–H groups in total. The molecular formula is C13H14N2O3S. The molecule has 1 aliphatic heterocycles. The van der Waals surface area contributed by atoms with Gasteiger partial charge in [-0.2, -0.15) is 4.31 Å². The lowest BCUT2D eigenvalue weighted by Crippen LogP contribution is -2.54. The molecule has 1 aromatic carbocycles. The fourth-order valence-electron chi connectivity index (χ4n) is 2.17. The molecule has 2 heterocycles. The molecule has 1 saturated heterocycles. The standard InChI is InChI=1S/C13H14N2O3S/c1-18-11-8-15(9-11)19(16,17)12-6-2-4-10-5-3-7-14-13(10)12/h2-7,11H,8-9H2,1H3. The molecule has 0 amide bonds. The number of aromatic nitrogens is 1. The van der Waals surface area contributed by atoms with Crippen molar-refractivity contribution in [3.8, 4) is 0 Å². The summed E-state index contributed by atoms with van der Waals surface area (Å²) in [6.45, 7) is 0.810. The van der Waals surface area contributed by atoms with Gasteiger partial charge in [0.1, 0.15) is 4.90 Å². The van der Waals surface area contributed by atoms with E-state index >= 15 is 0 Å². The van der Waals surface area contributed by atoms with Crippen molar-refractivity contribution in [1.29, 1.82) is 0 Å². The molecule has 1 fully saturated rings. The number of fused-ring (bicyclic) bond motifs is 1. The normalized spacial score (nSPS) is 17.5. The number of sulfonamides is 1. The van der Waals surface area contributed by atoms with Gasteiger partial charge in [0.2, 0.25) is 10.0 Å². The minimum Gasteiger partial charge on any atom is -0.379 e. The minimum absolute atomic E-state index is 0.00212. The van der Waals surface area contributed by atoms with Crippen LogP contribution in [-0.2, 0) is 14.8 Å². The van der Waals surface area contributed by atoms with E-state index in [-0.39, 0.29) is 11.0 Å². The van der Waals surface area contributed by atoms with E-state index < -0.39 is 10.0 Å². The maximum absolute atomic E-state index is 12.5. The third-order valence-electron chi connectivity index (χ3n) is 3.36. The first kappa shape index (κ1) is 12.5. The number of methoxy groups -OCH3 is 1. The summed E-state index contributed by atoms with van der Waals surface area (Å²) < 4.78 is 31.6. The predicted octanol–water partition coefficient (Wildman–Crippen LogP) is 1.25. The quantitative estimate of drug-likeness (QED) is 0.848. The molecule has 0 bridgehead atoms. The second-order valence-corrected chi connectivity index (χ2v) is 6.42. The second-order valence-electron chi connectivity index (χ2n) is 4.51. The van der Waals surface area contributed by atoms with Crippen LogP contribution in [0.25, 0.3) is 10.9 Å². The Balaban J connectivity index is 2.05. The molecule has 19 heavy (non-hydrogen) atoms. The van der Waals surface area contributed by atoms with Crippen molar-refractivity contribution < 1.29 is 13.2 Å². The number of nitrogens with zero attached hydrogens (tertiary/aromatic N) is 2. The monoisotopic (exact) mass is 278 g/mol. The lowest BCUT2D eigenvalue weighted by atomic mass is 10.2. The van der Waals surface area contributed by atoms with Gasteiger partial charge in [0.25, 0.3) is 0 Å². The van der Waals surface area contributed by atoms with Crippen molar-refractivity contribution in [3.05, 3.63) is 36.5 Å². The molecule has 0 atom stereocenters. The Hall–Kier alpha value is -1.50. The molecule has 6 heteroatoms. The van der Waals surface area contributed by atoms with E-state index in [1.165, 1.54) is 4.31 Å². The molecule has 100 valence electrons. The van der Waals surface area contributed by atoms with E-state index in [2.05, 4.69) is 4.98 Å². The SMILES string of the molecule is COC1CN(S(=O)(=O)c2cccc3cccnc23)C1. The number of ether oxygens (including phenoxy) is 1. The summed E-state index contributed by atoms with van der Waals surface area (Å²) in [4.78, 5) is 4.45. The van der Waals surface area contributed by atoms with Crippen LogP contribution < -0.4 is 0 Å². The molecule has 0 saturated carbocycles. The van der Waals surface area contributed by atoms with Crippen LogP contribution in [0, 0.1) is 0 Å². The van der Waals surface area contributed by atoms with Crippen molar-refractivity contribution in [2.45, 2.75) is 11.0 Å². The van der Waals surface area contributed by atoms with Gasteiger partial charge in [0.15, 0.2) is 0 Å². The van der Waals surface area contributed by atoms with Crippen LogP contribution in [0.2, 0.25) is 0 Å². The largest absolute Gasteiger partial charge is 0.379 e. The summed E-state index contributed by atoms with van der Waals surface area (Å²) in [7, 11) is -1.89. The van der Waals surface area contributed by atoms with Gasteiger partial charge in [0.05, 0.1) is 11.6 Å². The summed E-state index contributed by atoms with van der Waals surface area (Å²) in [6, 6.07) is 8.85. The lowest BCUT2D eigenvalue weighted by Gasteiger charge is -2.36. The Labute approximate surface area is 111 Å². The van der Waals surface area contributed by atoms with Gasteiger partial charge in [-0.15, -0.1) is 0 Å². The highest BCUT2D eigenvalue weighted by molar-refractivity contribution is 7.89. The fraction of sp³-hybridized carbons (Fsp3) is 0.308. The summed E-state index contributed by atoms with van der Waals surface area (Å²) in [5.74, 6) is 0. The summed E-state index contributed by atoms with van der Waals surface area (Å²) in [5.41, 5.74) is 0.519. The van der Waals surface area contributed by atoms with Crippen LogP contribution in [-0.4, -0.2) is 44.0 Å². The van der Waals surface area contributed by atoms with Crippen molar-refractivity contribution in [2.24, 2.45) is 0 Å². The van der Waals surface area contributed by atoms with Gasteiger partial charge in [-0.05, 0) is 12.1 Å². The number of hydrogen-bond acceptors (Lipinski definition) is 4. The third-order valence-corrected chi connectivity index (χ3v) is 5.22. The van der Waals surface area contributed by atoms with Crippen LogP contribution in [0.15, 0.2) is 41.4 Å². The van der Waals surface area contributed by atoms with E-state index in [0.29, 0.717) is 18.6 Å². The summed E-state index contributed by atoms with van der Waals surface area (Å²) in [5, 5.41) is 0.826. The molecule has 0 unspecified atom stereocenters. The van der Waals surface area contributed by atoms with Crippen molar-refractivity contribution in [1.82, 2.24) is 9.29 Å². The maximum Gasteiger partial charge on any atom is 0.245 e. The van der Waals surface area contributed by atoms with E-state index in [0.717, 1.165) is 5.39 Å². The average Bonchev–Trinajstić information content (AvgIpc) is 2.36. The Morgan fingerprint density at radius 3 is 2.74 bits per heavy atom. The van der Waals surface area contributed by atoms with E-state index in [1.54, 1.807) is 31.5 Å². The van der Waals surface area contributed by atoms with Gasteiger partial charge in [-0.3, -0.25) is 4.98 Å². The Bertz CT molecular complexity index is 703. The predicted molar refractivity (Wildman–Crippen MR) is 71.3 cm³/mol. The first-order chi connectivity index (χ1) is 9.13. The number of hydrogen-bond donors (Lipinski definition) is 0. The maximum atomic E-state index is 12.5. The minimum atomic E-state index is -3.48. The topological polar surface area (TPSA) is 59.5 Å². The Morgan fingerprint density at radius 1 is 1.26 bits per heavy atom. The first-order valence-corrected chi connectivity index (χ1v) is 7.43. The van der Waals surface area contributed by atoms with Gasteiger partial charge in [0, 0.05) is 31.8 Å². The van der Waals surface area contributed by atoms with Crippen LogP contribution in [0.1, 0.15) is 0 Å². The van der Waals surface area contributed by atoms with Crippen LogP contribution in [0.3, 0.4) is 0 Å². The zero-order valence-corrected chi connectivity index (χ0v) is 11.3. The molecule has 2 aromatic rings. The number of rotatable bonds is 3. The van der Waals surface area contributed by atoms with Crippen LogP contribution >= 0.6 is 0 Å². The molecule has 5 nitrogen and oxygen atoms in total. The van der Waals surface area contributed by atoms with E-state index in [1.807, 2.05) is 12.1 Å². The van der Waals surface area contributed by atoms with Crippen molar-refractivity contribution in [3.63, 3.8) is 0 Å². The molecule has 0 aliphatic carbocycles. The molecular weight excluding hydrogens is 264 g/mol. The fourth-order valence-corrected chi connectivity index (χ4v) is 3.84. The highest BCUT2D eigenvalue weighted by Gasteiger charge is 2.37.